The standard InChI is InChI=1S/C15H32O4S.Na/c1-3-5-10-14(16)11-8-7-9-13-15(12-6-4-2)20(17,18)19;/h14-16H,3-13H2,1-2H3,(H,17,18,19);/q;+1/p-1. The van der Waals surface area contributed by atoms with E-state index in [1.54, 1.807) is 0 Å². The number of hydrogen-bond acceptors (Lipinski definition) is 4. The number of aliphatic hydroxyl groups excluding tert-OH is 1. The van der Waals surface area contributed by atoms with Gasteiger partial charge in [-0.05, 0) is 25.7 Å². The van der Waals surface area contributed by atoms with Crippen LogP contribution in [-0.4, -0.2) is 29.4 Å². The first kappa shape index (κ1) is 24.1. The van der Waals surface area contributed by atoms with E-state index in [1.807, 2.05) is 6.92 Å². The maximum atomic E-state index is 11.1. The fourth-order valence-electron chi connectivity index (χ4n) is 2.38. The molecule has 0 bridgehead atoms. The summed E-state index contributed by atoms with van der Waals surface area (Å²) < 4.78 is 33.4. The summed E-state index contributed by atoms with van der Waals surface area (Å²) in [5.74, 6) is 0. The molecular formula is C15H31NaO4S. The molecule has 4 nitrogen and oxygen atoms in total. The summed E-state index contributed by atoms with van der Waals surface area (Å²) >= 11 is 0. The van der Waals surface area contributed by atoms with Crippen LogP contribution in [0.2, 0.25) is 0 Å². The average molecular weight is 330 g/mol. The molecule has 0 radical (unpaired) electrons. The summed E-state index contributed by atoms with van der Waals surface area (Å²) in [6.45, 7) is 4.10. The molecule has 0 aromatic heterocycles. The van der Waals surface area contributed by atoms with Crippen LogP contribution in [0.5, 0.6) is 0 Å². The minimum Gasteiger partial charge on any atom is -0.748 e. The van der Waals surface area contributed by atoms with Crippen LogP contribution in [0, 0.1) is 0 Å². The molecule has 2 unspecified atom stereocenters. The zero-order valence-electron chi connectivity index (χ0n) is 14.0. The Morgan fingerprint density at radius 3 is 1.81 bits per heavy atom. The molecule has 0 aliphatic rings. The molecule has 0 aromatic rings. The van der Waals surface area contributed by atoms with Gasteiger partial charge in [-0.1, -0.05) is 58.8 Å². The third kappa shape index (κ3) is 14.2. The first-order valence-electron chi connectivity index (χ1n) is 8.04. The van der Waals surface area contributed by atoms with Gasteiger partial charge in [0.1, 0.15) is 0 Å². The van der Waals surface area contributed by atoms with Gasteiger partial charge in [0.05, 0.1) is 16.2 Å². The molecule has 0 spiro atoms. The monoisotopic (exact) mass is 330 g/mol. The molecule has 0 heterocycles. The van der Waals surface area contributed by atoms with Crippen LogP contribution in [-0.2, 0) is 10.1 Å². The van der Waals surface area contributed by atoms with Crippen LogP contribution in [0.25, 0.3) is 0 Å². The second-order valence-electron chi connectivity index (χ2n) is 5.69. The van der Waals surface area contributed by atoms with Crippen LogP contribution in [0.3, 0.4) is 0 Å². The molecule has 21 heavy (non-hydrogen) atoms. The molecular weight excluding hydrogens is 299 g/mol. The van der Waals surface area contributed by atoms with Crippen molar-refractivity contribution in [2.24, 2.45) is 0 Å². The Labute approximate surface area is 153 Å². The summed E-state index contributed by atoms with van der Waals surface area (Å²) in [5, 5.41) is 8.97. The minimum atomic E-state index is -4.15. The Morgan fingerprint density at radius 1 is 0.857 bits per heavy atom. The Kier molecular flexibility index (Phi) is 16.6. The summed E-state index contributed by atoms with van der Waals surface area (Å²) in [5.41, 5.74) is 0. The van der Waals surface area contributed by atoms with Gasteiger partial charge in [0, 0.05) is 5.25 Å². The van der Waals surface area contributed by atoms with Gasteiger partial charge in [-0.2, -0.15) is 0 Å². The SMILES string of the molecule is CCCCC(O)CCCCCC(CCCC)S(=O)(=O)[O-].[Na+]. The second-order valence-corrected chi connectivity index (χ2v) is 7.34. The van der Waals surface area contributed by atoms with Crippen molar-refractivity contribution < 1.29 is 47.6 Å². The van der Waals surface area contributed by atoms with Crippen molar-refractivity contribution in [3.63, 3.8) is 0 Å². The van der Waals surface area contributed by atoms with Crippen LogP contribution in [0.1, 0.15) is 84.5 Å². The van der Waals surface area contributed by atoms with E-state index in [1.165, 1.54) is 0 Å². The van der Waals surface area contributed by atoms with Crippen molar-refractivity contribution in [2.75, 3.05) is 0 Å². The third-order valence-corrected chi connectivity index (χ3v) is 5.03. The number of aliphatic hydroxyl groups is 1. The Hall–Kier alpha value is 0.870. The minimum absolute atomic E-state index is 0. The molecule has 0 aromatic carbocycles. The zero-order chi connectivity index (χ0) is 15.4. The van der Waals surface area contributed by atoms with Gasteiger partial charge in [0.25, 0.3) is 0 Å². The molecule has 0 aliphatic carbocycles. The number of rotatable bonds is 13. The molecule has 0 aliphatic heterocycles. The third-order valence-electron chi connectivity index (χ3n) is 3.74. The molecule has 122 valence electrons. The summed E-state index contributed by atoms with van der Waals surface area (Å²) in [6.07, 6.45) is 8.77. The quantitative estimate of drug-likeness (QED) is 0.305. The Balaban J connectivity index is 0. The predicted octanol–water partition coefficient (Wildman–Crippen LogP) is 0.596. The van der Waals surface area contributed by atoms with Crippen molar-refractivity contribution in [3.05, 3.63) is 0 Å². The van der Waals surface area contributed by atoms with E-state index >= 15 is 0 Å². The summed E-state index contributed by atoms with van der Waals surface area (Å²) in [6, 6.07) is 0. The van der Waals surface area contributed by atoms with Crippen LogP contribution >= 0.6 is 0 Å². The Morgan fingerprint density at radius 2 is 1.29 bits per heavy atom. The summed E-state index contributed by atoms with van der Waals surface area (Å²) in [7, 11) is -4.15. The van der Waals surface area contributed by atoms with Gasteiger partial charge in [0.2, 0.25) is 0 Å². The van der Waals surface area contributed by atoms with Crippen molar-refractivity contribution in [1.29, 1.82) is 0 Å². The van der Waals surface area contributed by atoms with E-state index in [-0.39, 0.29) is 35.7 Å². The number of hydrogen-bond donors (Lipinski definition) is 1. The van der Waals surface area contributed by atoms with Crippen LogP contribution in [0.4, 0.5) is 0 Å². The molecule has 1 N–H and O–H groups in total. The number of unbranched alkanes of at least 4 members (excludes halogenated alkanes) is 4. The topological polar surface area (TPSA) is 77.4 Å². The van der Waals surface area contributed by atoms with Crippen molar-refractivity contribution >= 4 is 10.1 Å². The fourth-order valence-corrected chi connectivity index (χ4v) is 3.29. The Bertz CT molecular complexity index is 320. The van der Waals surface area contributed by atoms with Gasteiger partial charge in [0.15, 0.2) is 0 Å². The van der Waals surface area contributed by atoms with E-state index in [0.29, 0.717) is 12.8 Å². The first-order valence-corrected chi connectivity index (χ1v) is 9.51. The largest absolute Gasteiger partial charge is 1.00 e. The van der Waals surface area contributed by atoms with Gasteiger partial charge in [-0.25, -0.2) is 8.42 Å². The van der Waals surface area contributed by atoms with Gasteiger partial charge in [-0.3, -0.25) is 0 Å². The van der Waals surface area contributed by atoms with Crippen molar-refractivity contribution in [2.45, 2.75) is 95.8 Å². The van der Waals surface area contributed by atoms with Crippen LogP contribution in [0.15, 0.2) is 0 Å². The van der Waals surface area contributed by atoms with Gasteiger partial charge >= 0.3 is 29.6 Å². The second kappa shape index (κ2) is 14.5. The van der Waals surface area contributed by atoms with E-state index in [0.717, 1.165) is 57.8 Å². The molecule has 0 saturated carbocycles. The maximum Gasteiger partial charge on any atom is 1.00 e. The summed E-state index contributed by atoms with van der Waals surface area (Å²) in [4.78, 5) is 0. The average Bonchev–Trinajstić information content (AvgIpc) is 2.38. The van der Waals surface area contributed by atoms with E-state index < -0.39 is 15.4 Å². The normalized spacial score (nSPS) is 14.5. The van der Waals surface area contributed by atoms with E-state index in [2.05, 4.69) is 6.92 Å². The molecule has 2 atom stereocenters. The van der Waals surface area contributed by atoms with Crippen molar-refractivity contribution in [3.8, 4) is 0 Å². The molecule has 0 saturated heterocycles. The maximum absolute atomic E-state index is 11.1. The van der Waals surface area contributed by atoms with Crippen LogP contribution < -0.4 is 29.6 Å². The first-order chi connectivity index (χ1) is 9.41. The zero-order valence-corrected chi connectivity index (χ0v) is 16.8. The van der Waals surface area contributed by atoms with E-state index in [9.17, 15) is 18.1 Å². The molecule has 6 heteroatoms. The fraction of sp³-hybridized carbons (Fsp3) is 1.00. The van der Waals surface area contributed by atoms with Gasteiger partial charge in [-0.15, -0.1) is 0 Å². The molecule has 0 fully saturated rings. The molecule has 0 amide bonds. The van der Waals surface area contributed by atoms with Crippen molar-refractivity contribution in [1.82, 2.24) is 0 Å². The van der Waals surface area contributed by atoms with Gasteiger partial charge < -0.3 is 9.66 Å². The molecule has 0 rings (SSSR count). The smallest absolute Gasteiger partial charge is 0.748 e. The van der Waals surface area contributed by atoms with E-state index in [4.69, 9.17) is 0 Å². The predicted molar refractivity (Wildman–Crippen MR) is 81.6 cm³/mol.